The second kappa shape index (κ2) is 6.01. The number of fused-ring (bicyclic) bond motifs is 1. The Kier molecular flexibility index (Phi) is 3.90. The van der Waals surface area contributed by atoms with Gasteiger partial charge in [-0.1, -0.05) is 6.07 Å². The molecule has 5 nitrogen and oxygen atoms in total. The van der Waals surface area contributed by atoms with Crippen molar-refractivity contribution in [2.24, 2.45) is 0 Å². The van der Waals surface area contributed by atoms with Gasteiger partial charge in [0.15, 0.2) is 11.5 Å². The van der Waals surface area contributed by atoms with Crippen molar-refractivity contribution in [3.05, 3.63) is 52.5 Å². The molecular weight excluding hydrogens is 330 g/mol. The molecule has 4 rings (SSSR count). The molecule has 136 valence electrons. The van der Waals surface area contributed by atoms with Gasteiger partial charge in [0.1, 0.15) is 17.1 Å². The molecule has 2 aromatic rings. The van der Waals surface area contributed by atoms with Crippen LogP contribution in [0.1, 0.15) is 57.1 Å². The number of ether oxygens (including phenoxy) is 1. The molecule has 0 unspecified atom stereocenters. The van der Waals surface area contributed by atoms with Gasteiger partial charge in [-0.25, -0.2) is 0 Å². The topological polar surface area (TPSA) is 59.8 Å². The molecule has 1 aromatic heterocycles. The maximum Gasteiger partial charge on any atom is 0.289 e. The zero-order valence-electron chi connectivity index (χ0n) is 15.4. The SMILES string of the molecule is Cc1ccc(C(=O)N2CCC3(CC2)CC(=O)c2ccc(C)c(C)c2O3)o1. The summed E-state index contributed by atoms with van der Waals surface area (Å²) in [5.74, 6) is 1.86. The lowest BCUT2D eigenvalue weighted by Gasteiger charge is -2.44. The molecule has 2 aliphatic rings. The molecule has 0 bridgehead atoms. The fourth-order valence-electron chi connectivity index (χ4n) is 3.88. The van der Waals surface area contributed by atoms with Crippen LogP contribution in [0.2, 0.25) is 0 Å². The summed E-state index contributed by atoms with van der Waals surface area (Å²) in [5, 5.41) is 0. The molecule has 0 atom stereocenters. The summed E-state index contributed by atoms with van der Waals surface area (Å²) in [6.45, 7) is 6.97. The van der Waals surface area contributed by atoms with Gasteiger partial charge in [-0.2, -0.15) is 0 Å². The van der Waals surface area contributed by atoms with E-state index in [1.807, 2.05) is 32.9 Å². The van der Waals surface area contributed by atoms with Crippen molar-refractivity contribution >= 4 is 11.7 Å². The molecule has 2 aliphatic heterocycles. The third-order valence-electron chi connectivity index (χ3n) is 5.69. The molecule has 5 heteroatoms. The number of piperidine rings is 1. The van der Waals surface area contributed by atoms with Crippen molar-refractivity contribution in [1.29, 1.82) is 0 Å². The van der Waals surface area contributed by atoms with E-state index in [1.54, 1.807) is 17.0 Å². The van der Waals surface area contributed by atoms with Crippen molar-refractivity contribution < 1.29 is 18.7 Å². The largest absolute Gasteiger partial charge is 0.486 e. The fourth-order valence-corrected chi connectivity index (χ4v) is 3.88. The van der Waals surface area contributed by atoms with E-state index in [0.717, 1.165) is 22.6 Å². The molecule has 3 heterocycles. The van der Waals surface area contributed by atoms with Crippen LogP contribution >= 0.6 is 0 Å². The Morgan fingerprint density at radius 3 is 2.46 bits per heavy atom. The van der Waals surface area contributed by atoms with E-state index in [2.05, 4.69) is 0 Å². The van der Waals surface area contributed by atoms with E-state index < -0.39 is 5.60 Å². The Morgan fingerprint density at radius 1 is 1.08 bits per heavy atom. The van der Waals surface area contributed by atoms with Crippen molar-refractivity contribution in [2.45, 2.75) is 45.6 Å². The second-order valence-electron chi connectivity index (χ2n) is 7.47. The molecule has 0 saturated carbocycles. The van der Waals surface area contributed by atoms with Crippen LogP contribution in [0.15, 0.2) is 28.7 Å². The summed E-state index contributed by atoms with van der Waals surface area (Å²) in [7, 11) is 0. The first-order chi connectivity index (χ1) is 12.4. The number of hydrogen-bond donors (Lipinski definition) is 0. The first-order valence-corrected chi connectivity index (χ1v) is 9.07. The first-order valence-electron chi connectivity index (χ1n) is 9.07. The van der Waals surface area contributed by atoms with Gasteiger partial charge in [-0.05, 0) is 50.1 Å². The lowest BCUT2D eigenvalue weighted by Crippen LogP contribution is -2.52. The van der Waals surface area contributed by atoms with Gasteiger partial charge in [-0.3, -0.25) is 9.59 Å². The molecule has 26 heavy (non-hydrogen) atoms. The van der Waals surface area contributed by atoms with Gasteiger partial charge >= 0.3 is 0 Å². The number of rotatable bonds is 1. The number of aryl methyl sites for hydroxylation is 2. The van der Waals surface area contributed by atoms with Crippen molar-refractivity contribution in [1.82, 2.24) is 4.90 Å². The van der Waals surface area contributed by atoms with E-state index >= 15 is 0 Å². The van der Waals surface area contributed by atoms with Gasteiger partial charge < -0.3 is 14.1 Å². The molecule has 1 amide bonds. The monoisotopic (exact) mass is 353 g/mol. The smallest absolute Gasteiger partial charge is 0.289 e. The fraction of sp³-hybridized carbons (Fsp3) is 0.429. The number of Topliss-reactive ketones (excluding diaryl/α,β-unsaturated/α-hetero) is 1. The Labute approximate surface area is 152 Å². The number of hydrogen-bond acceptors (Lipinski definition) is 4. The zero-order valence-corrected chi connectivity index (χ0v) is 15.4. The Hall–Kier alpha value is -2.56. The summed E-state index contributed by atoms with van der Waals surface area (Å²) in [4.78, 5) is 27.0. The number of ketones is 1. The van der Waals surface area contributed by atoms with Crippen LogP contribution in [0, 0.1) is 20.8 Å². The molecule has 1 spiro atoms. The quantitative estimate of drug-likeness (QED) is 0.781. The van der Waals surface area contributed by atoms with Crippen LogP contribution in [0.5, 0.6) is 5.75 Å². The number of carbonyl (C=O) groups excluding carboxylic acids is 2. The van der Waals surface area contributed by atoms with Gasteiger partial charge in [0.2, 0.25) is 0 Å². The highest BCUT2D eigenvalue weighted by Gasteiger charge is 2.44. The minimum atomic E-state index is -0.501. The lowest BCUT2D eigenvalue weighted by molar-refractivity contribution is -0.00693. The number of amides is 1. The van der Waals surface area contributed by atoms with Gasteiger partial charge in [0.25, 0.3) is 5.91 Å². The summed E-state index contributed by atoms with van der Waals surface area (Å²) >= 11 is 0. The zero-order chi connectivity index (χ0) is 18.5. The van der Waals surface area contributed by atoms with E-state index in [9.17, 15) is 9.59 Å². The summed E-state index contributed by atoms with van der Waals surface area (Å²) < 4.78 is 11.8. The summed E-state index contributed by atoms with van der Waals surface area (Å²) in [5.41, 5.74) is 2.33. The minimum absolute atomic E-state index is 0.0949. The highest BCUT2D eigenvalue weighted by Crippen LogP contribution is 2.41. The summed E-state index contributed by atoms with van der Waals surface area (Å²) in [6, 6.07) is 7.35. The van der Waals surface area contributed by atoms with E-state index in [1.165, 1.54) is 0 Å². The number of carbonyl (C=O) groups is 2. The molecule has 1 saturated heterocycles. The third kappa shape index (κ3) is 2.71. The van der Waals surface area contributed by atoms with E-state index in [-0.39, 0.29) is 11.7 Å². The van der Waals surface area contributed by atoms with E-state index in [0.29, 0.717) is 43.7 Å². The van der Waals surface area contributed by atoms with Gasteiger partial charge in [0.05, 0.1) is 12.0 Å². The minimum Gasteiger partial charge on any atom is -0.486 e. The highest BCUT2D eigenvalue weighted by molar-refractivity contribution is 6.01. The van der Waals surface area contributed by atoms with Crippen LogP contribution in [-0.2, 0) is 0 Å². The van der Waals surface area contributed by atoms with Gasteiger partial charge in [-0.15, -0.1) is 0 Å². The summed E-state index contributed by atoms with van der Waals surface area (Å²) in [6.07, 6.45) is 1.68. The molecule has 0 N–H and O–H groups in total. The number of likely N-dealkylation sites (tertiary alicyclic amines) is 1. The highest BCUT2D eigenvalue weighted by atomic mass is 16.5. The molecule has 0 aliphatic carbocycles. The first kappa shape index (κ1) is 16.9. The number of nitrogens with zero attached hydrogens (tertiary/aromatic N) is 1. The molecule has 1 aromatic carbocycles. The van der Waals surface area contributed by atoms with Crippen LogP contribution in [0.3, 0.4) is 0 Å². The Bertz CT molecular complexity index is 887. The van der Waals surface area contributed by atoms with Crippen LogP contribution in [0.4, 0.5) is 0 Å². The average molecular weight is 353 g/mol. The van der Waals surface area contributed by atoms with Crippen LogP contribution in [-0.4, -0.2) is 35.3 Å². The van der Waals surface area contributed by atoms with E-state index in [4.69, 9.17) is 9.15 Å². The number of benzene rings is 1. The molecule has 1 fully saturated rings. The van der Waals surface area contributed by atoms with Crippen molar-refractivity contribution in [2.75, 3.05) is 13.1 Å². The standard InChI is InChI=1S/C21H23NO4/c1-13-4-6-16-17(23)12-21(26-19(16)15(13)3)8-10-22(11-9-21)20(24)18-7-5-14(2)25-18/h4-7H,8-12H2,1-3H3. The van der Waals surface area contributed by atoms with Crippen LogP contribution < -0.4 is 4.74 Å². The normalized spacial score (nSPS) is 18.6. The van der Waals surface area contributed by atoms with Gasteiger partial charge in [0, 0.05) is 25.9 Å². The maximum atomic E-state index is 12.7. The molecule has 0 radical (unpaired) electrons. The lowest BCUT2D eigenvalue weighted by atomic mass is 9.81. The number of furan rings is 1. The third-order valence-corrected chi connectivity index (χ3v) is 5.69. The van der Waals surface area contributed by atoms with Crippen molar-refractivity contribution in [3.8, 4) is 5.75 Å². The predicted octanol–water partition coefficient (Wildman–Crippen LogP) is 3.85. The Morgan fingerprint density at radius 2 is 1.81 bits per heavy atom. The van der Waals surface area contributed by atoms with Crippen LogP contribution in [0.25, 0.3) is 0 Å². The molecular formula is C21H23NO4. The predicted molar refractivity (Wildman–Crippen MR) is 96.8 cm³/mol. The Balaban J connectivity index is 1.53. The second-order valence-corrected chi connectivity index (χ2v) is 7.47. The maximum absolute atomic E-state index is 12.7. The van der Waals surface area contributed by atoms with Crippen molar-refractivity contribution in [3.63, 3.8) is 0 Å². The average Bonchev–Trinajstić information content (AvgIpc) is 3.05.